The molecule has 2 aromatic rings. The first-order valence-corrected chi connectivity index (χ1v) is 7.43. The molecule has 1 unspecified atom stereocenters. The highest BCUT2D eigenvalue weighted by Gasteiger charge is 2.12. The quantitative estimate of drug-likeness (QED) is 0.800. The molecule has 0 saturated heterocycles. The van der Waals surface area contributed by atoms with Crippen LogP contribution in [0.5, 0.6) is 0 Å². The standard InChI is InChI=1S/C16H16O2S/c1-12-3-7-14(8-4-12)16(17)11-19(18)15-9-5-13(2)6-10-15/h3-10H,11H2,1-2H3. The Morgan fingerprint density at radius 3 is 1.89 bits per heavy atom. The largest absolute Gasteiger partial charge is 0.293 e. The molecular weight excluding hydrogens is 256 g/mol. The second kappa shape index (κ2) is 5.93. The fourth-order valence-corrected chi connectivity index (χ4v) is 2.73. The van der Waals surface area contributed by atoms with Gasteiger partial charge in [0.2, 0.25) is 0 Å². The van der Waals surface area contributed by atoms with Crippen molar-refractivity contribution in [2.75, 3.05) is 5.75 Å². The summed E-state index contributed by atoms with van der Waals surface area (Å²) in [6.45, 7) is 3.95. The number of carbonyl (C=O) groups excluding carboxylic acids is 1. The Balaban J connectivity index is 2.08. The first-order valence-electron chi connectivity index (χ1n) is 6.11. The van der Waals surface area contributed by atoms with Gasteiger partial charge in [0.15, 0.2) is 5.78 Å². The van der Waals surface area contributed by atoms with Gasteiger partial charge in [0.1, 0.15) is 0 Å². The fourth-order valence-electron chi connectivity index (χ4n) is 1.72. The lowest BCUT2D eigenvalue weighted by Gasteiger charge is -2.03. The molecule has 0 heterocycles. The fraction of sp³-hybridized carbons (Fsp3) is 0.188. The van der Waals surface area contributed by atoms with Crippen LogP contribution in [-0.4, -0.2) is 15.7 Å². The first-order chi connectivity index (χ1) is 9.06. The van der Waals surface area contributed by atoms with Crippen LogP contribution in [0.25, 0.3) is 0 Å². The molecular formula is C16H16O2S. The summed E-state index contributed by atoms with van der Waals surface area (Å²) in [5, 5.41) is 0. The summed E-state index contributed by atoms with van der Waals surface area (Å²) in [5.74, 6) is -0.0505. The average Bonchev–Trinajstić information content (AvgIpc) is 2.40. The molecule has 98 valence electrons. The van der Waals surface area contributed by atoms with E-state index in [1.54, 1.807) is 12.1 Å². The molecule has 0 fully saturated rings. The number of benzene rings is 2. The lowest BCUT2D eigenvalue weighted by atomic mass is 10.1. The molecule has 2 aromatic carbocycles. The van der Waals surface area contributed by atoms with Crippen LogP contribution >= 0.6 is 0 Å². The van der Waals surface area contributed by atoms with Crippen LogP contribution in [0.1, 0.15) is 21.5 Å². The van der Waals surface area contributed by atoms with E-state index in [0.29, 0.717) is 10.5 Å². The number of ketones is 1. The van der Waals surface area contributed by atoms with Crippen molar-refractivity contribution in [1.29, 1.82) is 0 Å². The van der Waals surface area contributed by atoms with Crippen LogP contribution in [0.4, 0.5) is 0 Å². The van der Waals surface area contributed by atoms with Gasteiger partial charge in [-0.05, 0) is 26.0 Å². The topological polar surface area (TPSA) is 34.1 Å². The lowest BCUT2D eigenvalue weighted by Crippen LogP contribution is -2.11. The highest BCUT2D eigenvalue weighted by Crippen LogP contribution is 2.11. The molecule has 1 atom stereocenters. The van der Waals surface area contributed by atoms with Crippen molar-refractivity contribution < 1.29 is 9.00 Å². The summed E-state index contributed by atoms with van der Waals surface area (Å²) in [4.78, 5) is 12.7. The third kappa shape index (κ3) is 3.61. The Morgan fingerprint density at radius 1 is 0.895 bits per heavy atom. The maximum Gasteiger partial charge on any atom is 0.175 e. The van der Waals surface area contributed by atoms with E-state index in [-0.39, 0.29) is 11.5 Å². The summed E-state index contributed by atoms with van der Waals surface area (Å²) in [7, 11) is -1.28. The van der Waals surface area contributed by atoms with Gasteiger partial charge in [-0.25, -0.2) is 0 Å². The molecule has 2 nitrogen and oxygen atoms in total. The summed E-state index contributed by atoms with van der Waals surface area (Å²) >= 11 is 0. The third-order valence-corrected chi connectivity index (χ3v) is 4.24. The second-order valence-corrected chi connectivity index (χ2v) is 6.04. The normalized spacial score (nSPS) is 12.1. The van der Waals surface area contributed by atoms with E-state index < -0.39 is 10.8 Å². The monoisotopic (exact) mass is 272 g/mol. The molecule has 0 aliphatic heterocycles. The SMILES string of the molecule is Cc1ccc(C(=O)CS(=O)c2ccc(C)cc2)cc1. The first kappa shape index (κ1) is 13.7. The van der Waals surface area contributed by atoms with Crippen molar-refractivity contribution in [1.82, 2.24) is 0 Å². The van der Waals surface area contributed by atoms with E-state index in [1.807, 2.05) is 50.2 Å². The van der Waals surface area contributed by atoms with E-state index in [2.05, 4.69) is 0 Å². The van der Waals surface area contributed by atoms with Crippen molar-refractivity contribution in [2.24, 2.45) is 0 Å². The maximum atomic E-state index is 12.1. The Kier molecular flexibility index (Phi) is 4.27. The molecule has 19 heavy (non-hydrogen) atoms. The number of hydrogen-bond acceptors (Lipinski definition) is 2. The minimum atomic E-state index is -1.28. The molecule has 0 aliphatic rings. The molecule has 0 aliphatic carbocycles. The number of aryl methyl sites for hydroxylation is 2. The van der Waals surface area contributed by atoms with Gasteiger partial charge in [0.05, 0.1) is 16.6 Å². The molecule has 0 bridgehead atoms. The molecule has 0 aromatic heterocycles. The molecule has 0 radical (unpaired) electrons. The summed E-state index contributed by atoms with van der Waals surface area (Å²) in [6, 6.07) is 14.8. The molecule has 3 heteroatoms. The van der Waals surface area contributed by atoms with E-state index >= 15 is 0 Å². The molecule has 0 saturated carbocycles. The van der Waals surface area contributed by atoms with Gasteiger partial charge in [-0.15, -0.1) is 0 Å². The number of carbonyl (C=O) groups is 1. The predicted molar refractivity (Wildman–Crippen MR) is 78.0 cm³/mol. The van der Waals surface area contributed by atoms with Gasteiger partial charge < -0.3 is 0 Å². The Labute approximate surface area is 115 Å². The van der Waals surface area contributed by atoms with Gasteiger partial charge in [-0.3, -0.25) is 9.00 Å². The zero-order valence-electron chi connectivity index (χ0n) is 11.1. The minimum Gasteiger partial charge on any atom is -0.293 e. The highest BCUT2D eigenvalue weighted by atomic mass is 32.2. The minimum absolute atomic E-state index is 0.0339. The third-order valence-electron chi connectivity index (χ3n) is 2.92. The Hall–Kier alpha value is -1.74. The van der Waals surface area contributed by atoms with Crippen LogP contribution in [0, 0.1) is 13.8 Å². The average molecular weight is 272 g/mol. The summed E-state index contributed by atoms with van der Waals surface area (Å²) < 4.78 is 12.1. The van der Waals surface area contributed by atoms with Crippen molar-refractivity contribution in [2.45, 2.75) is 18.7 Å². The van der Waals surface area contributed by atoms with Crippen molar-refractivity contribution in [3.63, 3.8) is 0 Å². The van der Waals surface area contributed by atoms with E-state index in [4.69, 9.17) is 0 Å². The van der Waals surface area contributed by atoms with Gasteiger partial charge in [-0.2, -0.15) is 0 Å². The smallest absolute Gasteiger partial charge is 0.175 e. The van der Waals surface area contributed by atoms with E-state index in [1.165, 1.54) is 0 Å². The second-order valence-electron chi connectivity index (χ2n) is 4.59. The summed E-state index contributed by atoms with van der Waals surface area (Å²) in [6.07, 6.45) is 0. The number of Topliss-reactive ketones (excluding diaryl/α,β-unsaturated/α-hetero) is 1. The van der Waals surface area contributed by atoms with Crippen LogP contribution in [0.2, 0.25) is 0 Å². The zero-order valence-corrected chi connectivity index (χ0v) is 11.9. The van der Waals surface area contributed by atoms with E-state index in [9.17, 15) is 9.00 Å². The predicted octanol–water partition coefficient (Wildman–Crippen LogP) is 3.29. The van der Waals surface area contributed by atoms with Gasteiger partial charge in [0.25, 0.3) is 0 Å². The molecule has 0 spiro atoms. The number of rotatable bonds is 4. The van der Waals surface area contributed by atoms with Crippen LogP contribution in [0.3, 0.4) is 0 Å². The van der Waals surface area contributed by atoms with Crippen LogP contribution in [-0.2, 0) is 10.8 Å². The summed E-state index contributed by atoms with van der Waals surface area (Å²) in [5.41, 5.74) is 2.84. The zero-order chi connectivity index (χ0) is 13.8. The Morgan fingerprint density at radius 2 is 1.37 bits per heavy atom. The van der Waals surface area contributed by atoms with Crippen molar-refractivity contribution in [3.8, 4) is 0 Å². The van der Waals surface area contributed by atoms with Crippen molar-refractivity contribution >= 4 is 16.6 Å². The van der Waals surface area contributed by atoms with E-state index in [0.717, 1.165) is 11.1 Å². The maximum absolute atomic E-state index is 12.1. The van der Waals surface area contributed by atoms with Crippen LogP contribution < -0.4 is 0 Å². The highest BCUT2D eigenvalue weighted by molar-refractivity contribution is 7.85. The van der Waals surface area contributed by atoms with Crippen molar-refractivity contribution in [3.05, 3.63) is 65.2 Å². The van der Waals surface area contributed by atoms with Gasteiger partial charge >= 0.3 is 0 Å². The lowest BCUT2D eigenvalue weighted by molar-refractivity contribution is 0.102. The Bertz CT molecular complexity index is 542. The van der Waals surface area contributed by atoms with Gasteiger partial charge in [0, 0.05) is 10.5 Å². The van der Waals surface area contributed by atoms with Crippen LogP contribution in [0.15, 0.2) is 53.4 Å². The molecule has 0 amide bonds. The van der Waals surface area contributed by atoms with Gasteiger partial charge in [-0.1, -0.05) is 47.5 Å². The molecule has 0 N–H and O–H groups in total. The molecule has 2 rings (SSSR count). The number of hydrogen-bond donors (Lipinski definition) is 0.